The number of hydrogen-bond acceptors (Lipinski definition) is 2. The number of nitrogens with one attached hydrogen (secondary N) is 1. The van der Waals surface area contributed by atoms with Gasteiger partial charge >= 0.3 is 0 Å². The smallest absolute Gasteiger partial charge is 0.139 e. The maximum absolute atomic E-state index is 13.6. The molecule has 0 aliphatic heterocycles. The van der Waals surface area contributed by atoms with Crippen LogP contribution in [0, 0.1) is 5.82 Å². The molecule has 0 radical (unpaired) electrons. The number of nitrogens with zero attached hydrogens (tertiary/aromatic N) is 1. The third kappa shape index (κ3) is 1.79. The summed E-state index contributed by atoms with van der Waals surface area (Å²) in [6, 6.07) is 3.33. The van der Waals surface area contributed by atoms with Crippen molar-refractivity contribution in [1.82, 2.24) is 4.98 Å². The Morgan fingerprint density at radius 1 is 1.28 bits per heavy atom. The van der Waals surface area contributed by atoms with Gasteiger partial charge in [0.15, 0.2) is 0 Å². The first-order valence-electron chi connectivity index (χ1n) is 6.19. The fraction of sp³-hybridized carbons (Fsp3) is 0.357. The number of pyridine rings is 1. The number of halogens is 2. The van der Waals surface area contributed by atoms with Crippen molar-refractivity contribution in [2.75, 3.05) is 12.4 Å². The highest BCUT2D eigenvalue weighted by atomic mass is 79.9. The number of hydrogen-bond donors (Lipinski definition) is 1. The van der Waals surface area contributed by atoms with E-state index < -0.39 is 0 Å². The first-order valence-corrected chi connectivity index (χ1v) is 6.98. The van der Waals surface area contributed by atoms with Crippen LogP contribution in [0.2, 0.25) is 0 Å². The molecule has 4 heteroatoms. The summed E-state index contributed by atoms with van der Waals surface area (Å²) in [5.41, 5.74) is 4.27. The van der Waals surface area contributed by atoms with E-state index in [1.54, 1.807) is 0 Å². The summed E-state index contributed by atoms with van der Waals surface area (Å²) in [4.78, 5) is 4.63. The van der Waals surface area contributed by atoms with Gasteiger partial charge in [-0.1, -0.05) is 0 Å². The lowest BCUT2D eigenvalue weighted by molar-refractivity contribution is 0.622. The van der Waals surface area contributed by atoms with Crippen LogP contribution in [0.5, 0.6) is 0 Å². The molecule has 1 heterocycles. The Morgan fingerprint density at radius 2 is 2.06 bits per heavy atom. The molecule has 0 unspecified atom stereocenters. The maximum atomic E-state index is 13.6. The van der Waals surface area contributed by atoms with Crippen LogP contribution in [0.25, 0.3) is 10.9 Å². The molecular weight excluding hydrogens is 295 g/mol. The predicted octanol–water partition coefficient (Wildman–Crippen LogP) is 4.06. The van der Waals surface area contributed by atoms with Gasteiger partial charge in [0.2, 0.25) is 0 Å². The monoisotopic (exact) mass is 308 g/mol. The maximum Gasteiger partial charge on any atom is 0.139 e. The third-order valence-electron chi connectivity index (χ3n) is 3.55. The first-order chi connectivity index (χ1) is 8.70. The minimum Gasteiger partial charge on any atom is -0.387 e. The Labute approximate surface area is 114 Å². The normalized spacial score (nSPS) is 14.6. The lowest BCUT2D eigenvalue weighted by Gasteiger charge is -2.20. The van der Waals surface area contributed by atoms with E-state index in [2.05, 4.69) is 26.2 Å². The van der Waals surface area contributed by atoms with Gasteiger partial charge in [-0.3, -0.25) is 4.98 Å². The van der Waals surface area contributed by atoms with E-state index in [4.69, 9.17) is 0 Å². The molecule has 1 N–H and O–H groups in total. The lowest BCUT2D eigenvalue weighted by atomic mass is 9.93. The summed E-state index contributed by atoms with van der Waals surface area (Å²) in [6.07, 6.45) is 4.44. The predicted molar refractivity (Wildman–Crippen MR) is 75.6 cm³/mol. The van der Waals surface area contributed by atoms with Crippen molar-refractivity contribution in [3.63, 3.8) is 0 Å². The highest BCUT2D eigenvalue weighted by molar-refractivity contribution is 9.10. The zero-order chi connectivity index (χ0) is 12.7. The summed E-state index contributed by atoms with van der Waals surface area (Å²) in [6.45, 7) is 0. The van der Waals surface area contributed by atoms with Gasteiger partial charge in [0.1, 0.15) is 5.82 Å². The zero-order valence-electron chi connectivity index (χ0n) is 10.2. The Kier molecular flexibility index (Phi) is 2.98. The first kappa shape index (κ1) is 11.9. The standard InChI is InChI=1S/C14H14BrFN2/c1-17-14-8-4-2-3-5-12(8)18-13-7-11(16)10(15)6-9(13)14/h6-7H,2-5H2,1H3,(H,17,18). The van der Waals surface area contributed by atoms with Gasteiger partial charge in [-0.15, -0.1) is 0 Å². The Morgan fingerprint density at radius 3 is 2.83 bits per heavy atom. The van der Waals surface area contributed by atoms with Crippen LogP contribution < -0.4 is 5.32 Å². The van der Waals surface area contributed by atoms with Crippen molar-refractivity contribution in [1.29, 1.82) is 0 Å². The Hall–Kier alpha value is -1.16. The van der Waals surface area contributed by atoms with Gasteiger partial charge in [-0.05, 0) is 53.2 Å². The summed E-state index contributed by atoms with van der Waals surface area (Å²) in [5.74, 6) is -0.257. The quantitative estimate of drug-likeness (QED) is 0.859. The van der Waals surface area contributed by atoms with Crippen molar-refractivity contribution in [2.45, 2.75) is 25.7 Å². The average Bonchev–Trinajstić information content (AvgIpc) is 2.38. The molecule has 1 aromatic carbocycles. The van der Waals surface area contributed by atoms with Crippen LogP contribution in [0.4, 0.5) is 10.1 Å². The summed E-state index contributed by atoms with van der Waals surface area (Å²) >= 11 is 3.25. The molecule has 3 rings (SSSR count). The summed E-state index contributed by atoms with van der Waals surface area (Å²) < 4.78 is 14.1. The number of aryl methyl sites for hydroxylation is 1. The average molecular weight is 309 g/mol. The van der Waals surface area contributed by atoms with Crippen molar-refractivity contribution < 1.29 is 4.39 Å². The van der Waals surface area contributed by atoms with Gasteiger partial charge in [0.05, 0.1) is 9.99 Å². The minimum atomic E-state index is -0.257. The van der Waals surface area contributed by atoms with Gasteiger partial charge in [-0.2, -0.15) is 0 Å². The van der Waals surface area contributed by atoms with Crippen LogP contribution in [0.3, 0.4) is 0 Å². The molecule has 1 aromatic heterocycles. The number of aromatic nitrogens is 1. The molecule has 0 saturated heterocycles. The fourth-order valence-corrected chi connectivity index (χ4v) is 3.05. The molecule has 1 aliphatic carbocycles. The molecule has 2 aromatic rings. The largest absolute Gasteiger partial charge is 0.387 e. The highest BCUT2D eigenvalue weighted by Crippen LogP contribution is 2.35. The van der Waals surface area contributed by atoms with Crippen molar-refractivity contribution >= 4 is 32.5 Å². The molecule has 0 atom stereocenters. The molecule has 1 aliphatic rings. The molecular formula is C14H14BrFN2. The molecule has 94 valence electrons. The van der Waals surface area contributed by atoms with Crippen LogP contribution in [-0.4, -0.2) is 12.0 Å². The molecule has 0 saturated carbocycles. The van der Waals surface area contributed by atoms with Crippen molar-refractivity contribution in [2.24, 2.45) is 0 Å². The second kappa shape index (κ2) is 4.50. The molecule has 0 spiro atoms. The van der Waals surface area contributed by atoms with Crippen LogP contribution >= 0.6 is 15.9 Å². The van der Waals surface area contributed by atoms with Crippen LogP contribution in [0.1, 0.15) is 24.1 Å². The van der Waals surface area contributed by atoms with E-state index in [-0.39, 0.29) is 5.82 Å². The topological polar surface area (TPSA) is 24.9 Å². The second-order valence-corrected chi connectivity index (χ2v) is 5.51. The number of benzene rings is 1. The third-order valence-corrected chi connectivity index (χ3v) is 4.16. The fourth-order valence-electron chi connectivity index (χ4n) is 2.70. The SMILES string of the molecule is CNc1c2c(nc3cc(F)c(Br)cc13)CCCC2. The minimum absolute atomic E-state index is 0.257. The molecule has 0 amide bonds. The molecule has 0 fully saturated rings. The van der Waals surface area contributed by atoms with E-state index in [1.807, 2.05) is 13.1 Å². The van der Waals surface area contributed by atoms with Gasteiger partial charge in [-0.25, -0.2) is 4.39 Å². The van der Waals surface area contributed by atoms with Crippen molar-refractivity contribution in [3.8, 4) is 0 Å². The zero-order valence-corrected chi connectivity index (χ0v) is 11.8. The van der Waals surface area contributed by atoms with Gasteiger partial charge in [0, 0.05) is 29.9 Å². The van der Waals surface area contributed by atoms with Crippen LogP contribution in [0.15, 0.2) is 16.6 Å². The van der Waals surface area contributed by atoms with E-state index in [0.717, 1.165) is 35.1 Å². The molecule has 2 nitrogen and oxygen atoms in total. The molecule has 18 heavy (non-hydrogen) atoms. The Bertz CT molecular complexity index is 625. The second-order valence-electron chi connectivity index (χ2n) is 4.65. The van der Waals surface area contributed by atoms with E-state index in [9.17, 15) is 4.39 Å². The number of anilines is 1. The molecule has 0 bridgehead atoms. The van der Waals surface area contributed by atoms with E-state index >= 15 is 0 Å². The lowest BCUT2D eigenvalue weighted by Crippen LogP contribution is -2.09. The Balaban J connectivity index is 2.36. The van der Waals surface area contributed by atoms with Crippen molar-refractivity contribution in [3.05, 3.63) is 33.7 Å². The van der Waals surface area contributed by atoms with E-state index in [1.165, 1.54) is 24.5 Å². The van der Waals surface area contributed by atoms with Crippen LogP contribution in [-0.2, 0) is 12.8 Å². The van der Waals surface area contributed by atoms with Gasteiger partial charge < -0.3 is 5.32 Å². The highest BCUT2D eigenvalue weighted by Gasteiger charge is 2.18. The number of fused-ring (bicyclic) bond motifs is 2. The summed E-state index contributed by atoms with van der Waals surface area (Å²) in [5, 5.41) is 4.25. The number of rotatable bonds is 1. The summed E-state index contributed by atoms with van der Waals surface area (Å²) in [7, 11) is 1.92. The van der Waals surface area contributed by atoms with E-state index in [0.29, 0.717) is 4.47 Å². The van der Waals surface area contributed by atoms with Gasteiger partial charge in [0.25, 0.3) is 0 Å².